The summed E-state index contributed by atoms with van der Waals surface area (Å²) >= 11 is 1.30. The van der Waals surface area contributed by atoms with E-state index in [2.05, 4.69) is 11.6 Å². The van der Waals surface area contributed by atoms with Crippen molar-refractivity contribution in [2.75, 3.05) is 13.2 Å². The summed E-state index contributed by atoms with van der Waals surface area (Å²) in [6, 6.07) is 13.4. The molecule has 2 aromatic carbocycles. The van der Waals surface area contributed by atoms with Crippen molar-refractivity contribution in [1.82, 2.24) is 4.90 Å². The molecule has 0 spiro atoms. The van der Waals surface area contributed by atoms with Crippen molar-refractivity contribution in [3.63, 3.8) is 0 Å². The van der Waals surface area contributed by atoms with Gasteiger partial charge < -0.3 is 4.74 Å². The molecule has 0 unspecified atom stereocenters. The van der Waals surface area contributed by atoms with Crippen molar-refractivity contribution in [2.45, 2.75) is 6.92 Å². The van der Waals surface area contributed by atoms with Gasteiger partial charge in [0.25, 0.3) is 5.91 Å². The van der Waals surface area contributed by atoms with Crippen LogP contribution in [0.1, 0.15) is 12.5 Å². The average Bonchev–Trinajstić information content (AvgIpc) is 2.97. The summed E-state index contributed by atoms with van der Waals surface area (Å²) in [4.78, 5) is 19.4. The van der Waals surface area contributed by atoms with Crippen molar-refractivity contribution in [2.24, 2.45) is 4.99 Å². The summed E-state index contributed by atoms with van der Waals surface area (Å²) in [5.41, 5.74) is 1.41. The Labute approximate surface area is 162 Å². The lowest BCUT2D eigenvalue weighted by Crippen LogP contribution is -2.28. The first kappa shape index (κ1) is 18.9. The second-order valence-electron chi connectivity index (χ2n) is 5.67. The summed E-state index contributed by atoms with van der Waals surface area (Å²) < 4.78 is 18.7. The lowest BCUT2D eigenvalue weighted by Gasteiger charge is -2.12. The molecule has 0 aromatic heterocycles. The molecule has 1 aliphatic rings. The molecule has 4 nitrogen and oxygen atoms in total. The van der Waals surface area contributed by atoms with E-state index in [9.17, 15) is 9.18 Å². The predicted molar refractivity (Wildman–Crippen MR) is 109 cm³/mol. The molecular formula is C21H19FN2O2S. The Kier molecular flexibility index (Phi) is 6.08. The quantitative estimate of drug-likeness (QED) is 0.521. The number of aliphatic imine (C=N–C) groups is 1. The van der Waals surface area contributed by atoms with E-state index < -0.39 is 0 Å². The summed E-state index contributed by atoms with van der Waals surface area (Å²) in [6.45, 7) is 6.43. The minimum Gasteiger partial charge on any atom is -0.489 e. The van der Waals surface area contributed by atoms with Gasteiger partial charge in [0.05, 0.1) is 10.6 Å². The maximum Gasteiger partial charge on any atom is 0.266 e. The Balaban J connectivity index is 1.91. The number of carbonyl (C=O) groups excluding carboxylic acids is 1. The summed E-state index contributed by atoms with van der Waals surface area (Å²) in [5.74, 6) is 0.255. The Morgan fingerprint density at radius 1 is 1.22 bits per heavy atom. The van der Waals surface area contributed by atoms with E-state index in [1.807, 2.05) is 31.2 Å². The molecular weight excluding hydrogens is 363 g/mol. The monoisotopic (exact) mass is 382 g/mol. The molecule has 2 aromatic rings. The molecule has 0 bridgehead atoms. The molecule has 1 fully saturated rings. The first-order chi connectivity index (χ1) is 13.1. The zero-order valence-corrected chi connectivity index (χ0v) is 15.7. The number of carbonyl (C=O) groups is 1. The highest BCUT2D eigenvalue weighted by molar-refractivity contribution is 8.18. The van der Waals surface area contributed by atoms with Gasteiger partial charge in [-0.1, -0.05) is 30.9 Å². The van der Waals surface area contributed by atoms with E-state index in [0.717, 1.165) is 5.56 Å². The summed E-state index contributed by atoms with van der Waals surface area (Å²) in [6.07, 6.45) is 3.48. The van der Waals surface area contributed by atoms with Gasteiger partial charge in [0, 0.05) is 12.1 Å². The molecule has 0 radical (unpaired) electrons. The molecule has 0 aliphatic carbocycles. The highest BCUT2D eigenvalue weighted by atomic mass is 32.2. The van der Waals surface area contributed by atoms with Crippen LogP contribution in [-0.4, -0.2) is 29.1 Å². The van der Waals surface area contributed by atoms with Crippen LogP contribution in [0.15, 0.2) is 71.1 Å². The number of para-hydroxylation sites is 1. The van der Waals surface area contributed by atoms with Crippen LogP contribution in [0, 0.1) is 5.82 Å². The number of likely N-dealkylation sites (N-methyl/N-ethyl adjacent to an activating group) is 1. The van der Waals surface area contributed by atoms with Crippen LogP contribution in [0.25, 0.3) is 6.08 Å². The number of rotatable bonds is 6. The highest BCUT2D eigenvalue weighted by Gasteiger charge is 2.32. The van der Waals surface area contributed by atoms with Gasteiger partial charge in [0.15, 0.2) is 5.17 Å². The minimum absolute atomic E-state index is 0.109. The van der Waals surface area contributed by atoms with E-state index in [1.54, 1.807) is 29.2 Å². The maximum absolute atomic E-state index is 13.1. The van der Waals surface area contributed by atoms with E-state index in [1.165, 1.54) is 23.9 Å². The fourth-order valence-electron chi connectivity index (χ4n) is 2.52. The van der Waals surface area contributed by atoms with E-state index in [-0.39, 0.29) is 11.7 Å². The Morgan fingerprint density at radius 2 is 1.96 bits per heavy atom. The van der Waals surface area contributed by atoms with Crippen molar-refractivity contribution >= 4 is 34.6 Å². The normalized spacial score (nSPS) is 17.0. The number of thioether (sulfide) groups is 1. The van der Waals surface area contributed by atoms with Gasteiger partial charge in [-0.3, -0.25) is 9.69 Å². The van der Waals surface area contributed by atoms with Crippen LogP contribution >= 0.6 is 11.8 Å². The van der Waals surface area contributed by atoms with Crippen molar-refractivity contribution < 1.29 is 13.9 Å². The van der Waals surface area contributed by atoms with E-state index >= 15 is 0 Å². The van der Waals surface area contributed by atoms with Crippen LogP contribution in [0.3, 0.4) is 0 Å². The van der Waals surface area contributed by atoms with Gasteiger partial charge in [0.1, 0.15) is 18.2 Å². The molecule has 3 rings (SSSR count). The van der Waals surface area contributed by atoms with Crippen LogP contribution < -0.4 is 4.74 Å². The molecule has 0 N–H and O–H groups in total. The maximum atomic E-state index is 13.1. The molecule has 1 aliphatic heterocycles. The Hall–Kier alpha value is -2.86. The van der Waals surface area contributed by atoms with Gasteiger partial charge >= 0.3 is 0 Å². The third kappa shape index (κ3) is 4.46. The van der Waals surface area contributed by atoms with Gasteiger partial charge in [-0.05, 0) is 55.1 Å². The summed E-state index contributed by atoms with van der Waals surface area (Å²) in [5, 5.41) is 0.574. The number of hydrogen-bond acceptors (Lipinski definition) is 4. The minimum atomic E-state index is -0.321. The van der Waals surface area contributed by atoms with Crippen molar-refractivity contribution in [1.29, 1.82) is 0 Å². The van der Waals surface area contributed by atoms with Gasteiger partial charge in [-0.2, -0.15) is 0 Å². The highest BCUT2D eigenvalue weighted by Crippen LogP contribution is 2.35. The van der Waals surface area contributed by atoms with E-state index in [0.29, 0.717) is 34.7 Å². The predicted octanol–water partition coefficient (Wildman–Crippen LogP) is 5.01. The zero-order chi connectivity index (χ0) is 19.2. The van der Waals surface area contributed by atoms with Gasteiger partial charge in [-0.25, -0.2) is 9.38 Å². The lowest BCUT2D eigenvalue weighted by molar-refractivity contribution is -0.122. The molecule has 6 heteroatoms. The molecule has 27 heavy (non-hydrogen) atoms. The van der Waals surface area contributed by atoms with Crippen LogP contribution in [0.2, 0.25) is 0 Å². The Bertz CT molecular complexity index is 907. The number of nitrogens with zero attached hydrogens (tertiary/aromatic N) is 2. The lowest BCUT2D eigenvalue weighted by atomic mass is 10.2. The van der Waals surface area contributed by atoms with Gasteiger partial charge in [-0.15, -0.1) is 0 Å². The number of hydrogen-bond donors (Lipinski definition) is 0. The SMILES string of the molecule is C=CCOc1ccccc1/C=C1/SC(=Nc2ccc(F)cc2)N(CC)C1=O. The van der Waals surface area contributed by atoms with Crippen LogP contribution in [-0.2, 0) is 4.79 Å². The fourth-order valence-corrected chi connectivity index (χ4v) is 3.57. The molecule has 138 valence electrons. The standard InChI is InChI=1S/C21H19FN2O2S/c1-3-13-26-18-8-6-5-7-15(18)14-19-20(25)24(4-2)21(27-19)23-17-11-9-16(22)10-12-17/h3,5-12,14H,1,4,13H2,2H3/b19-14+,23-21?. The molecule has 1 saturated heterocycles. The summed E-state index contributed by atoms with van der Waals surface area (Å²) in [7, 11) is 0. The van der Waals surface area contributed by atoms with Crippen LogP contribution in [0.5, 0.6) is 5.75 Å². The fraction of sp³-hybridized carbons (Fsp3) is 0.143. The third-order valence-corrected chi connectivity index (χ3v) is 4.82. The number of ether oxygens (including phenoxy) is 1. The molecule has 1 heterocycles. The largest absolute Gasteiger partial charge is 0.489 e. The van der Waals surface area contributed by atoms with Crippen LogP contribution in [0.4, 0.5) is 10.1 Å². The smallest absolute Gasteiger partial charge is 0.266 e. The molecule has 0 atom stereocenters. The number of amides is 1. The first-order valence-corrected chi connectivity index (χ1v) is 9.32. The second-order valence-corrected chi connectivity index (χ2v) is 6.68. The Morgan fingerprint density at radius 3 is 2.67 bits per heavy atom. The van der Waals surface area contributed by atoms with Gasteiger partial charge in [0.2, 0.25) is 0 Å². The number of amidine groups is 1. The average molecular weight is 382 g/mol. The number of benzene rings is 2. The second kappa shape index (κ2) is 8.68. The zero-order valence-electron chi connectivity index (χ0n) is 14.9. The topological polar surface area (TPSA) is 41.9 Å². The van der Waals surface area contributed by atoms with Crippen molar-refractivity contribution in [3.05, 3.63) is 77.5 Å². The first-order valence-electron chi connectivity index (χ1n) is 8.50. The molecule has 0 saturated carbocycles. The number of halogens is 1. The van der Waals surface area contributed by atoms with E-state index in [4.69, 9.17) is 4.74 Å². The molecule has 1 amide bonds. The third-order valence-electron chi connectivity index (χ3n) is 3.82. The van der Waals surface area contributed by atoms with Crippen molar-refractivity contribution in [3.8, 4) is 5.75 Å².